The van der Waals surface area contributed by atoms with Crippen LogP contribution in [0, 0.1) is 0 Å². The number of thiocarbonyl (C=S) groups is 1. The van der Waals surface area contributed by atoms with E-state index in [9.17, 15) is 9.59 Å². The van der Waals surface area contributed by atoms with Crippen LogP contribution in [0.3, 0.4) is 0 Å². The van der Waals surface area contributed by atoms with Gasteiger partial charge in [0.2, 0.25) is 0 Å². The number of ketones is 1. The summed E-state index contributed by atoms with van der Waals surface area (Å²) >= 11 is 8.09. The molecule has 4 nitrogen and oxygen atoms in total. The molecule has 0 spiro atoms. The minimum Gasteiger partial charge on any atom is -0.455 e. The fourth-order valence-electron chi connectivity index (χ4n) is 1.91. The number of hydrogen-bond acceptors (Lipinski definition) is 4. The quantitative estimate of drug-likeness (QED) is 0.295. The highest BCUT2D eigenvalue weighted by Crippen LogP contribution is 2.39. The van der Waals surface area contributed by atoms with E-state index in [-0.39, 0.29) is 12.4 Å². The molecule has 1 aromatic carbocycles. The summed E-state index contributed by atoms with van der Waals surface area (Å²) in [7, 11) is -0.555. The van der Waals surface area contributed by atoms with Gasteiger partial charge in [-0.1, -0.05) is 62.0 Å². The van der Waals surface area contributed by atoms with E-state index in [1.165, 1.54) is 5.49 Å². The third-order valence-corrected chi connectivity index (χ3v) is 6.52. The highest BCUT2D eigenvalue weighted by molar-refractivity contribution is 9.10. The molecule has 0 aliphatic rings. The van der Waals surface area contributed by atoms with Gasteiger partial charge in [-0.2, -0.15) is 0 Å². The summed E-state index contributed by atoms with van der Waals surface area (Å²) in [6, 6.07) is 6.94. The van der Waals surface area contributed by atoms with Crippen molar-refractivity contribution in [2.75, 3.05) is 18.9 Å². The summed E-state index contributed by atoms with van der Waals surface area (Å²) in [6.45, 7) is 3.81. The lowest BCUT2D eigenvalue weighted by Crippen LogP contribution is -2.37. The molecule has 7 heteroatoms. The number of Topliss-reactive ketones (excluding diaryl/α,β-unsaturated/α-hetero) is 1. The van der Waals surface area contributed by atoms with Crippen LogP contribution in [0.1, 0.15) is 24.2 Å². The molecule has 0 heterocycles. The predicted octanol–water partition coefficient (Wildman–Crippen LogP) is 3.57. The van der Waals surface area contributed by atoms with E-state index in [0.29, 0.717) is 5.56 Å². The molecule has 0 amide bonds. The van der Waals surface area contributed by atoms with Crippen molar-refractivity contribution < 1.29 is 14.3 Å². The number of carbonyl (C=O) groups excluding carboxylic acids is 2. The number of hydrogen-bond donors (Lipinski definition) is 1. The van der Waals surface area contributed by atoms with Crippen LogP contribution >= 0.6 is 36.1 Å². The minimum atomic E-state index is -0.555. The first-order valence-corrected chi connectivity index (χ1v) is 9.97. The van der Waals surface area contributed by atoms with Gasteiger partial charge in [-0.3, -0.25) is 4.79 Å². The third kappa shape index (κ3) is 5.75. The molecule has 0 aliphatic carbocycles. The van der Waals surface area contributed by atoms with E-state index >= 15 is 0 Å². The second-order valence-corrected chi connectivity index (χ2v) is 8.56. The van der Waals surface area contributed by atoms with E-state index in [0.717, 1.165) is 16.8 Å². The van der Waals surface area contributed by atoms with Gasteiger partial charge < -0.3 is 10.1 Å². The molecule has 1 aromatic rings. The number of esters is 1. The second kappa shape index (κ2) is 10.0. The number of ether oxygens (including phenoxy) is 1. The van der Waals surface area contributed by atoms with E-state index in [2.05, 4.69) is 21.2 Å². The van der Waals surface area contributed by atoms with Crippen LogP contribution in [0.25, 0.3) is 0 Å². The maximum Gasteiger partial charge on any atom is 0.333 e. The molecule has 0 saturated carbocycles. The monoisotopic (exact) mass is 403 g/mol. The van der Waals surface area contributed by atoms with Gasteiger partial charge in [-0.25, -0.2) is 4.79 Å². The average Bonchev–Trinajstić information content (AvgIpc) is 2.53. The molecular weight excluding hydrogens is 385 g/mol. The molecule has 1 unspecified atom stereocenters. The Morgan fingerprint density at radius 1 is 1.32 bits per heavy atom. The number of rotatable bonds is 9. The van der Waals surface area contributed by atoms with Crippen molar-refractivity contribution in [2.45, 2.75) is 19.6 Å². The maximum absolute atomic E-state index is 12.2. The van der Waals surface area contributed by atoms with Crippen molar-refractivity contribution in [3.63, 3.8) is 0 Å². The lowest BCUT2D eigenvalue weighted by molar-refractivity contribution is -0.142. The summed E-state index contributed by atoms with van der Waals surface area (Å²) in [6.07, 6.45) is 1.78. The summed E-state index contributed by atoms with van der Waals surface area (Å²) in [5.41, 5.74) is 1.85. The van der Waals surface area contributed by atoms with Crippen molar-refractivity contribution >= 4 is 53.3 Å². The molecular formula is C15H19BrNO3PS. The Morgan fingerprint density at radius 2 is 1.91 bits per heavy atom. The Kier molecular flexibility index (Phi) is 8.76. The van der Waals surface area contributed by atoms with Gasteiger partial charge in [0.15, 0.2) is 12.4 Å². The molecule has 0 saturated heterocycles. The van der Waals surface area contributed by atoms with Gasteiger partial charge in [-0.05, 0) is 24.5 Å². The standard InChI is InChI=1S/C15H19BrNO3PS/c1-3-21(4-2)14(17-10-22)15(19)20-9-13(18)11-5-7-12(16)8-6-11/h5-8,10,14H,3-4,9H2,1-2H3,(H,17,22). The zero-order valence-electron chi connectivity index (χ0n) is 12.5. The zero-order valence-corrected chi connectivity index (χ0v) is 15.8. The van der Waals surface area contributed by atoms with Gasteiger partial charge in [0.1, 0.15) is 5.78 Å². The largest absolute Gasteiger partial charge is 0.455 e. The average molecular weight is 404 g/mol. The van der Waals surface area contributed by atoms with Crippen LogP contribution < -0.4 is 5.32 Å². The van der Waals surface area contributed by atoms with Crippen molar-refractivity contribution in [3.05, 3.63) is 34.3 Å². The molecule has 1 atom stereocenters. The number of halogens is 1. The third-order valence-electron chi connectivity index (χ3n) is 3.14. The Morgan fingerprint density at radius 3 is 2.41 bits per heavy atom. The zero-order chi connectivity index (χ0) is 16.5. The Bertz CT molecular complexity index is 520. The van der Waals surface area contributed by atoms with Crippen molar-refractivity contribution in [2.24, 2.45) is 0 Å². The van der Waals surface area contributed by atoms with Gasteiger partial charge in [0.05, 0.1) is 5.49 Å². The molecule has 1 rings (SSSR count). The molecule has 0 aliphatic heterocycles. The van der Waals surface area contributed by atoms with Crippen molar-refractivity contribution in [1.29, 1.82) is 0 Å². The molecule has 22 heavy (non-hydrogen) atoms. The Labute approximate surface area is 145 Å². The summed E-state index contributed by atoms with van der Waals surface area (Å²) in [5.74, 6) is -1.08. The molecule has 1 N–H and O–H groups in total. The van der Waals surface area contributed by atoms with Crippen LogP contribution in [0.5, 0.6) is 0 Å². The van der Waals surface area contributed by atoms with Crippen LogP contribution in [-0.4, -0.2) is 42.0 Å². The lowest BCUT2D eigenvalue weighted by atomic mass is 10.1. The fourth-order valence-corrected chi connectivity index (χ4v) is 4.25. The second-order valence-electron chi connectivity index (χ2n) is 4.45. The Balaban J connectivity index is 2.64. The normalized spacial score (nSPS) is 11.8. The van der Waals surface area contributed by atoms with Crippen molar-refractivity contribution in [1.82, 2.24) is 5.32 Å². The van der Waals surface area contributed by atoms with E-state index in [1.807, 2.05) is 13.8 Å². The molecule has 0 aromatic heterocycles. The fraction of sp³-hybridized carbons (Fsp3) is 0.400. The minimum absolute atomic E-state index is 0.223. The summed E-state index contributed by atoms with van der Waals surface area (Å²) < 4.78 is 6.07. The topological polar surface area (TPSA) is 55.4 Å². The van der Waals surface area contributed by atoms with Gasteiger partial charge in [0.25, 0.3) is 0 Å². The lowest BCUT2D eigenvalue weighted by Gasteiger charge is -2.23. The molecule has 0 radical (unpaired) electrons. The van der Waals surface area contributed by atoms with Crippen LogP contribution in [0.4, 0.5) is 0 Å². The first-order valence-electron chi connectivity index (χ1n) is 6.92. The van der Waals surface area contributed by atoms with Gasteiger partial charge in [0, 0.05) is 10.0 Å². The SMILES string of the molecule is CCP(CC)C(NC=S)C(=O)OCC(=O)c1ccc(Br)cc1. The predicted molar refractivity (Wildman–Crippen MR) is 98.0 cm³/mol. The first-order chi connectivity index (χ1) is 10.5. The summed E-state index contributed by atoms with van der Waals surface area (Å²) in [4.78, 5) is 24.2. The van der Waals surface area contributed by atoms with E-state index in [4.69, 9.17) is 17.0 Å². The highest BCUT2D eigenvalue weighted by atomic mass is 79.9. The van der Waals surface area contributed by atoms with Gasteiger partial charge >= 0.3 is 5.97 Å². The van der Waals surface area contributed by atoms with Crippen LogP contribution in [0.2, 0.25) is 0 Å². The van der Waals surface area contributed by atoms with Crippen LogP contribution in [0.15, 0.2) is 28.7 Å². The van der Waals surface area contributed by atoms with Crippen LogP contribution in [-0.2, 0) is 9.53 Å². The van der Waals surface area contributed by atoms with E-state index < -0.39 is 19.7 Å². The maximum atomic E-state index is 12.2. The molecule has 0 fully saturated rings. The highest BCUT2D eigenvalue weighted by Gasteiger charge is 2.26. The first kappa shape index (κ1) is 19.2. The van der Waals surface area contributed by atoms with Crippen molar-refractivity contribution in [3.8, 4) is 0 Å². The summed E-state index contributed by atoms with van der Waals surface area (Å²) in [5, 5.41) is 2.88. The van der Waals surface area contributed by atoms with Gasteiger partial charge in [-0.15, -0.1) is 0 Å². The Hall–Kier alpha value is -0.840. The molecule has 0 bridgehead atoms. The smallest absolute Gasteiger partial charge is 0.333 e. The molecule has 120 valence electrons. The number of nitrogens with one attached hydrogen (secondary N) is 1. The number of carbonyl (C=O) groups is 2. The van der Waals surface area contributed by atoms with E-state index in [1.54, 1.807) is 24.3 Å². The number of benzene rings is 1.